The smallest absolute Gasteiger partial charge is 0.343 e. The van der Waals surface area contributed by atoms with E-state index >= 15 is 0 Å². The molecule has 170 valence electrons. The monoisotopic (exact) mass is 449 g/mol. The Balaban J connectivity index is 1.65. The van der Waals surface area contributed by atoms with Crippen molar-refractivity contribution in [3.05, 3.63) is 87.2 Å². The van der Waals surface area contributed by atoms with Crippen molar-refractivity contribution in [3.8, 4) is 5.75 Å². The van der Waals surface area contributed by atoms with Crippen LogP contribution in [-0.2, 0) is 4.79 Å². The largest absolute Gasteiger partial charge is 0.423 e. The third-order valence-corrected chi connectivity index (χ3v) is 5.04. The van der Waals surface area contributed by atoms with Crippen molar-refractivity contribution in [1.82, 2.24) is 15.2 Å². The van der Waals surface area contributed by atoms with Crippen molar-refractivity contribution >= 4 is 23.3 Å². The van der Waals surface area contributed by atoms with Gasteiger partial charge in [-0.1, -0.05) is 18.2 Å². The summed E-state index contributed by atoms with van der Waals surface area (Å²) in [6.07, 6.45) is 0. The molecule has 3 rings (SSSR count). The minimum absolute atomic E-state index is 0.109. The zero-order chi connectivity index (χ0) is 24.1. The highest BCUT2D eigenvalue weighted by atomic mass is 16.6. The minimum Gasteiger partial charge on any atom is -0.423 e. The first-order valence-corrected chi connectivity index (χ1v) is 10.1. The Kier molecular flexibility index (Phi) is 6.97. The number of carbonyl (C=O) groups excluding carboxylic acids is 2. The van der Waals surface area contributed by atoms with E-state index in [0.717, 1.165) is 0 Å². The molecule has 0 aliphatic rings. The summed E-state index contributed by atoms with van der Waals surface area (Å²) in [5, 5.41) is 19.4. The van der Waals surface area contributed by atoms with Gasteiger partial charge in [0.1, 0.15) is 23.2 Å². The molecule has 0 saturated carbocycles. The molecule has 0 aliphatic carbocycles. The number of hydrogen-bond donors (Lipinski definition) is 1. The fraction of sp³-hybridized carbons (Fsp3) is 0.217. The second-order valence-corrected chi connectivity index (χ2v) is 7.35. The molecule has 33 heavy (non-hydrogen) atoms. The molecule has 0 aliphatic heterocycles. The SMILES string of the molecule is C/C(=N\NC(=O)C(C)n1nc(C)c([N+](=O)[O-])c1C)c1ccc(OC(=O)c2ccccc2)cc1. The molecule has 10 nitrogen and oxygen atoms in total. The second-order valence-electron chi connectivity index (χ2n) is 7.35. The fourth-order valence-corrected chi connectivity index (χ4v) is 3.21. The molecule has 3 aromatic rings. The molecule has 1 amide bonds. The summed E-state index contributed by atoms with van der Waals surface area (Å²) in [6.45, 7) is 6.36. The predicted molar refractivity (Wildman–Crippen MR) is 121 cm³/mol. The van der Waals surface area contributed by atoms with Crippen LogP contribution in [0.4, 0.5) is 5.69 Å². The minimum atomic E-state index is -0.797. The van der Waals surface area contributed by atoms with Gasteiger partial charge in [-0.25, -0.2) is 10.2 Å². The summed E-state index contributed by atoms with van der Waals surface area (Å²) in [4.78, 5) is 35.3. The highest BCUT2D eigenvalue weighted by Gasteiger charge is 2.27. The van der Waals surface area contributed by atoms with Gasteiger partial charge in [0, 0.05) is 0 Å². The lowest BCUT2D eigenvalue weighted by molar-refractivity contribution is -0.386. The molecule has 1 N–H and O–H groups in total. The Labute approximate surface area is 190 Å². The van der Waals surface area contributed by atoms with E-state index in [2.05, 4.69) is 15.6 Å². The molecule has 1 atom stereocenters. The van der Waals surface area contributed by atoms with Gasteiger partial charge in [-0.15, -0.1) is 0 Å². The lowest BCUT2D eigenvalue weighted by atomic mass is 10.1. The second kappa shape index (κ2) is 9.86. The summed E-state index contributed by atoms with van der Waals surface area (Å²) in [6, 6.07) is 14.6. The van der Waals surface area contributed by atoms with Crippen LogP contribution in [0.25, 0.3) is 0 Å². The van der Waals surface area contributed by atoms with E-state index in [1.807, 2.05) is 6.07 Å². The van der Waals surface area contributed by atoms with Crippen molar-refractivity contribution in [2.24, 2.45) is 5.10 Å². The molecule has 0 radical (unpaired) electrons. The Hall–Kier alpha value is -4.34. The van der Waals surface area contributed by atoms with Crippen LogP contribution < -0.4 is 10.2 Å². The summed E-state index contributed by atoms with van der Waals surface area (Å²) in [5.41, 5.74) is 4.57. The summed E-state index contributed by atoms with van der Waals surface area (Å²) >= 11 is 0. The van der Waals surface area contributed by atoms with Gasteiger partial charge < -0.3 is 4.74 Å². The van der Waals surface area contributed by atoms with Crippen molar-refractivity contribution < 1.29 is 19.2 Å². The van der Waals surface area contributed by atoms with E-state index in [1.54, 1.807) is 69.3 Å². The zero-order valence-corrected chi connectivity index (χ0v) is 18.6. The lowest BCUT2D eigenvalue weighted by Crippen LogP contribution is -2.29. The Morgan fingerprint density at radius 3 is 2.30 bits per heavy atom. The first-order chi connectivity index (χ1) is 15.7. The third kappa shape index (κ3) is 5.29. The number of aryl methyl sites for hydroxylation is 1. The summed E-state index contributed by atoms with van der Waals surface area (Å²) in [5.74, 6) is -0.549. The first kappa shape index (κ1) is 23.3. The molecular weight excluding hydrogens is 426 g/mol. The van der Waals surface area contributed by atoms with Crippen LogP contribution in [0.15, 0.2) is 59.7 Å². The number of nitrogens with one attached hydrogen (secondary N) is 1. The van der Waals surface area contributed by atoms with E-state index in [1.165, 1.54) is 11.6 Å². The Bertz CT molecular complexity index is 1220. The number of nitro groups is 1. The molecule has 0 bridgehead atoms. The molecule has 1 heterocycles. The lowest BCUT2D eigenvalue weighted by Gasteiger charge is -2.12. The molecule has 2 aromatic carbocycles. The van der Waals surface area contributed by atoms with E-state index in [4.69, 9.17) is 4.74 Å². The van der Waals surface area contributed by atoms with E-state index < -0.39 is 22.8 Å². The fourth-order valence-electron chi connectivity index (χ4n) is 3.21. The van der Waals surface area contributed by atoms with Gasteiger partial charge in [0.25, 0.3) is 5.91 Å². The number of rotatable bonds is 7. The average Bonchev–Trinajstić information content (AvgIpc) is 3.11. The maximum atomic E-state index is 12.5. The van der Waals surface area contributed by atoms with Gasteiger partial charge in [0.05, 0.1) is 16.2 Å². The number of benzene rings is 2. The van der Waals surface area contributed by atoms with Gasteiger partial charge in [-0.2, -0.15) is 10.2 Å². The standard InChI is InChI=1S/C23H23N5O5/c1-14(18-10-12-20(13-11-18)33-23(30)19-8-6-5-7-9-19)24-25-22(29)17(4)27-16(3)21(28(31)32)15(2)26-27/h5-13,17H,1-4H3,(H,25,29)/b24-14+. The Morgan fingerprint density at radius 1 is 1.09 bits per heavy atom. The summed E-state index contributed by atoms with van der Waals surface area (Å²) in [7, 11) is 0. The number of hydrazone groups is 1. The van der Waals surface area contributed by atoms with Crippen LogP contribution in [0.5, 0.6) is 5.75 Å². The molecule has 1 aromatic heterocycles. The normalized spacial score (nSPS) is 12.2. The van der Waals surface area contributed by atoms with Crippen LogP contribution in [0.1, 0.15) is 47.2 Å². The van der Waals surface area contributed by atoms with Gasteiger partial charge in [0.2, 0.25) is 0 Å². The molecule has 0 fully saturated rings. The van der Waals surface area contributed by atoms with Crippen LogP contribution in [-0.4, -0.2) is 32.3 Å². The van der Waals surface area contributed by atoms with Gasteiger partial charge in [0.15, 0.2) is 0 Å². The quantitative estimate of drug-likeness (QED) is 0.192. The topological polar surface area (TPSA) is 129 Å². The van der Waals surface area contributed by atoms with Crippen LogP contribution in [0, 0.1) is 24.0 Å². The van der Waals surface area contributed by atoms with Crippen LogP contribution in [0.3, 0.4) is 0 Å². The average molecular weight is 449 g/mol. The van der Waals surface area contributed by atoms with Crippen LogP contribution >= 0.6 is 0 Å². The Morgan fingerprint density at radius 2 is 1.73 bits per heavy atom. The highest BCUT2D eigenvalue weighted by Crippen LogP contribution is 2.24. The molecule has 10 heteroatoms. The van der Waals surface area contributed by atoms with Crippen molar-refractivity contribution in [2.45, 2.75) is 33.7 Å². The van der Waals surface area contributed by atoms with E-state index in [0.29, 0.717) is 28.3 Å². The van der Waals surface area contributed by atoms with E-state index in [-0.39, 0.29) is 11.4 Å². The maximum absolute atomic E-state index is 12.5. The molecular formula is C23H23N5O5. The van der Waals surface area contributed by atoms with E-state index in [9.17, 15) is 19.7 Å². The molecule has 0 spiro atoms. The first-order valence-electron chi connectivity index (χ1n) is 10.1. The van der Waals surface area contributed by atoms with Gasteiger partial charge >= 0.3 is 11.7 Å². The molecule has 0 saturated heterocycles. The maximum Gasteiger partial charge on any atom is 0.343 e. The van der Waals surface area contributed by atoms with Crippen molar-refractivity contribution in [1.29, 1.82) is 0 Å². The number of aromatic nitrogens is 2. The number of esters is 1. The predicted octanol–water partition coefficient (Wildman–Crippen LogP) is 3.73. The zero-order valence-electron chi connectivity index (χ0n) is 18.6. The number of carbonyl (C=O) groups is 2. The molecule has 1 unspecified atom stereocenters. The number of hydrogen-bond acceptors (Lipinski definition) is 7. The van der Waals surface area contributed by atoms with Gasteiger partial charge in [-0.3, -0.25) is 19.6 Å². The van der Waals surface area contributed by atoms with Crippen molar-refractivity contribution in [3.63, 3.8) is 0 Å². The number of nitrogens with zero attached hydrogens (tertiary/aromatic N) is 4. The number of amides is 1. The highest BCUT2D eigenvalue weighted by molar-refractivity contribution is 5.99. The van der Waals surface area contributed by atoms with Gasteiger partial charge in [-0.05, 0) is 69.7 Å². The van der Waals surface area contributed by atoms with Crippen LogP contribution in [0.2, 0.25) is 0 Å². The van der Waals surface area contributed by atoms with Crippen molar-refractivity contribution in [2.75, 3.05) is 0 Å². The number of ether oxygens (including phenoxy) is 1. The summed E-state index contributed by atoms with van der Waals surface area (Å²) < 4.78 is 6.66. The third-order valence-electron chi connectivity index (χ3n) is 5.04.